The largest absolute Gasteiger partial charge is 0.416 e. The molecule has 1 aliphatic rings. The Morgan fingerprint density at radius 3 is 2.74 bits per heavy atom. The van der Waals surface area contributed by atoms with Gasteiger partial charge in [-0.25, -0.2) is 15.0 Å². The maximum atomic E-state index is 13.1. The minimum atomic E-state index is -4.49. The number of aromatic nitrogens is 3. The first kappa shape index (κ1) is 26.3. The standard InChI is InChI=1S/C27H21F3N6O2S/c1-15-9-20(35-23(10-15)36-22-12-18(6-8-32-22)27(28,29)30)21-13-33-25(39-21)26(38)7-2-3-16-11-17(4-5-19(16)26)24(37)34-14-31/h4-6,8-13,38H,2-3,7H2,1H3,(H,34,37)(H,32,35,36)/t26-/m1/s1. The van der Waals surface area contributed by atoms with Crippen LogP contribution in [0.2, 0.25) is 0 Å². The Morgan fingerprint density at radius 2 is 1.97 bits per heavy atom. The van der Waals surface area contributed by atoms with Crippen molar-refractivity contribution in [2.24, 2.45) is 0 Å². The summed E-state index contributed by atoms with van der Waals surface area (Å²) in [7, 11) is 0. The second-order valence-electron chi connectivity index (χ2n) is 9.15. The van der Waals surface area contributed by atoms with Crippen molar-refractivity contribution in [2.75, 3.05) is 5.32 Å². The van der Waals surface area contributed by atoms with Gasteiger partial charge in [-0.15, -0.1) is 11.3 Å². The monoisotopic (exact) mass is 550 g/mol. The Balaban J connectivity index is 1.44. The maximum Gasteiger partial charge on any atom is 0.416 e. The second-order valence-corrected chi connectivity index (χ2v) is 10.2. The van der Waals surface area contributed by atoms with Gasteiger partial charge in [-0.05, 0) is 79.3 Å². The zero-order valence-corrected chi connectivity index (χ0v) is 21.3. The Hall–Kier alpha value is -4.34. The number of anilines is 2. The number of hydrogen-bond donors (Lipinski definition) is 3. The number of benzene rings is 1. The molecular formula is C27H21F3N6O2S. The molecule has 4 aromatic rings. The third-order valence-corrected chi connectivity index (χ3v) is 7.56. The molecule has 1 aliphatic carbocycles. The van der Waals surface area contributed by atoms with Gasteiger partial charge in [0, 0.05) is 18.0 Å². The average Bonchev–Trinajstić information content (AvgIpc) is 3.40. The first-order chi connectivity index (χ1) is 18.6. The molecule has 0 bridgehead atoms. The second kappa shape index (κ2) is 10.1. The average molecular weight is 551 g/mol. The van der Waals surface area contributed by atoms with Crippen LogP contribution in [0.5, 0.6) is 0 Å². The van der Waals surface area contributed by atoms with Gasteiger partial charge in [-0.1, -0.05) is 6.07 Å². The quantitative estimate of drug-likeness (QED) is 0.223. The van der Waals surface area contributed by atoms with Gasteiger partial charge >= 0.3 is 6.18 Å². The van der Waals surface area contributed by atoms with Crippen LogP contribution in [0.1, 0.15) is 50.5 Å². The van der Waals surface area contributed by atoms with Crippen molar-refractivity contribution >= 4 is 28.9 Å². The van der Waals surface area contributed by atoms with Crippen molar-refractivity contribution in [2.45, 2.75) is 38.0 Å². The number of amides is 1. The molecule has 5 rings (SSSR count). The summed E-state index contributed by atoms with van der Waals surface area (Å²) in [4.78, 5) is 25.8. The smallest absolute Gasteiger partial charge is 0.378 e. The summed E-state index contributed by atoms with van der Waals surface area (Å²) in [5.41, 5.74) is 0.953. The molecule has 0 fully saturated rings. The Labute approximate surface area is 225 Å². The summed E-state index contributed by atoms with van der Waals surface area (Å²) in [6.45, 7) is 1.84. The number of pyridine rings is 2. The first-order valence-corrected chi connectivity index (χ1v) is 12.7. The lowest BCUT2D eigenvalue weighted by atomic mass is 9.79. The topological polar surface area (TPSA) is 124 Å². The van der Waals surface area contributed by atoms with Gasteiger partial charge in [-0.2, -0.15) is 18.4 Å². The maximum absolute atomic E-state index is 13.1. The van der Waals surface area contributed by atoms with E-state index in [4.69, 9.17) is 5.26 Å². The molecule has 0 aliphatic heterocycles. The predicted molar refractivity (Wildman–Crippen MR) is 138 cm³/mol. The van der Waals surface area contributed by atoms with Gasteiger partial charge in [0.1, 0.15) is 22.2 Å². The third kappa shape index (κ3) is 5.32. The van der Waals surface area contributed by atoms with Crippen LogP contribution in [0.3, 0.4) is 0 Å². The highest BCUT2D eigenvalue weighted by molar-refractivity contribution is 7.15. The fourth-order valence-electron chi connectivity index (χ4n) is 4.61. The van der Waals surface area contributed by atoms with E-state index in [2.05, 4.69) is 25.6 Å². The van der Waals surface area contributed by atoms with Gasteiger partial charge < -0.3 is 10.4 Å². The van der Waals surface area contributed by atoms with Gasteiger partial charge in [0.2, 0.25) is 0 Å². The van der Waals surface area contributed by atoms with Gasteiger partial charge in [-0.3, -0.25) is 10.1 Å². The summed E-state index contributed by atoms with van der Waals surface area (Å²) in [5, 5.41) is 25.9. The van der Waals surface area contributed by atoms with E-state index in [-0.39, 0.29) is 5.82 Å². The Bertz CT molecular complexity index is 1610. The fourth-order valence-corrected chi connectivity index (χ4v) is 5.62. The molecule has 1 aromatic carbocycles. The van der Waals surface area contributed by atoms with E-state index in [9.17, 15) is 23.1 Å². The number of hydrogen-bond acceptors (Lipinski definition) is 8. The minimum Gasteiger partial charge on any atom is -0.378 e. The summed E-state index contributed by atoms with van der Waals surface area (Å²) >= 11 is 1.26. The first-order valence-electron chi connectivity index (χ1n) is 11.9. The van der Waals surface area contributed by atoms with Crippen LogP contribution in [0.15, 0.2) is 54.9 Å². The molecule has 8 nitrogen and oxygen atoms in total. The summed E-state index contributed by atoms with van der Waals surface area (Å²) in [6.07, 6.45) is 1.59. The number of nitrogens with zero attached hydrogens (tertiary/aromatic N) is 4. The number of alkyl halides is 3. The Kier molecular flexibility index (Phi) is 6.80. The number of thiazole rings is 1. The van der Waals surface area contributed by atoms with Crippen molar-refractivity contribution in [1.82, 2.24) is 20.3 Å². The molecule has 39 heavy (non-hydrogen) atoms. The number of carbonyl (C=O) groups excluding carboxylic acids is 1. The number of aliphatic hydroxyl groups is 1. The van der Waals surface area contributed by atoms with Crippen LogP contribution in [0.4, 0.5) is 24.8 Å². The molecule has 0 saturated carbocycles. The molecule has 1 atom stereocenters. The van der Waals surface area contributed by atoms with E-state index in [0.29, 0.717) is 51.8 Å². The van der Waals surface area contributed by atoms with Crippen LogP contribution in [0.25, 0.3) is 10.6 Å². The fraction of sp³-hybridized carbons (Fsp3) is 0.222. The molecule has 3 aromatic heterocycles. The molecule has 0 saturated heterocycles. The highest BCUT2D eigenvalue weighted by Crippen LogP contribution is 2.43. The third-order valence-electron chi connectivity index (χ3n) is 6.39. The van der Waals surface area contributed by atoms with E-state index in [1.54, 1.807) is 36.7 Å². The SMILES string of the molecule is Cc1cc(Nc2cc(C(F)(F)F)ccn2)nc(-c2cnc([C@@]3(O)CCCc4cc(C(=O)NC#N)ccc43)s2)c1. The lowest BCUT2D eigenvalue weighted by Gasteiger charge is -2.33. The minimum absolute atomic E-state index is 0.00909. The van der Waals surface area contributed by atoms with Crippen LogP contribution < -0.4 is 10.6 Å². The van der Waals surface area contributed by atoms with Crippen LogP contribution in [-0.4, -0.2) is 26.0 Å². The molecule has 0 unspecified atom stereocenters. The van der Waals surface area contributed by atoms with Crippen LogP contribution >= 0.6 is 11.3 Å². The molecule has 1 amide bonds. The van der Waals surface area contributed by atoms with E-state index < -0.39 is 23.2 Å². The van der Waals surface area contributed by atoms with Crippen molar-refractivity contribution < 1.29 is 23.1 Å². The van der Waals surface area contributed by atoms with Gasteiger partial charge in [0.15, 0.2) is 6.19 Å². The Morgan fingerprint density at radius 1 is 1.15 bits per heavy atom. The number of carbonyl (C=O) groups is 1. The molecule has 0 radical (unpaired) electrons. The lowest BCUT2D eigenvalue weighted by Crippen LogP contribution is -2.32. The van der Waals surface area contributed by atoms with E-state index >= 15 is 0 Å². The van der Waals surface area contributed by atoms with Gasteiger partial charge in [0.25, 0.3) is 5.91 Å². The molecule has 198 valence electrons. The van der Waals surface area contributed by atoms with Crippen molar-refractivity contribution in [3.63, 3.8) is 0 Å². The van der Waals surface area contributed by atoms with Gasteiger partial charge in [0.05, 0.1) is 16.1 Å². The molecule has 12 heteroatoms. The highest BCUT2D eigenvalue weighted by atomic mass is 32.1. The zero-order valence-electron chi connectivity index (χ0n) is 20.5. The predicted octanol–water partition coefficient (Wildman–Crippen LogP) is 5.45. The van der Waals surface area contributed by atoms with E-state index in [1.807, 2.05) is 13.0 Å². The number of nitrogens with one attached hydrogen (secondary N) is 2. The summed E-state index contributed by atoms with van der Waals surface area (Å²) in [5.74, 6) is -0.187. The molecule has 3 N–H and O–H groups in total. The zero-order chi connectivity index (χ0) is 27.8. The molecule has 3 heterocycles. The lowest BCUT2D eigenvalue weighted by molar-refractivity contribution is -0.137. The van der Waals surface area contributed by atoms with Crippen LogP contribution in [-0.2, 0) is 18.2 Å². The highest BCUT2D eigenvalue weighted by Gasteiger charge is 2.39. The number of rotatable bonds is 5. The van der Waals surface area contributed by atoms with Crippen LogP contribution in [0, 0.1) is 18.4 Å². The van der Waals surface area contributed by atoms with E-state index in [0.717, 1.165) is 29.5 Å². The van der Waals surface area contributed by atoms with Crippen molar-refractivity contribution in [3.05, 3.63) is 87.7 Å². The summed E-state index contributed by atoms with van der Waals surface area (Å²) in [6, 6.07) is 10.3. The number of aryl methyl sites for hydroxylation is 2. The molecular weight excluding hydrogens is 529 g/mol. The number of halogens is 3. The van der Waals surface area contributed by atoms with Crippen molar-refractivity contribution in [1.29, 1.82) is 5.26 Å². The number of fused-ring (bicyclic) bond motifs is 1. The summed E-state index contributed by atoms with van der Waals surface area (Å²) < 4.78 is 39.3. The normalized spacial score (nSPS) is 16.7. The van der Waals surface area contributed by atoms with Crippen molar-refractivity contribution in [3.8, 4) is 16.8 Å². The molecule has 0 spiro atoms. The number of nitriles is 1. The van der Waals surface area contributed by atoms with E-state index in [1.165, 1.54) is 11.3 Å².